The van der Waals surface area contributed by atoms with Crippen LogP contribution in [0.4, 0.5) is 11.4 Å². The summed E-state index contributed by atoms with van der Waals surface area (Å²) in [5.74, 6) is -1.74. The molecule has 0 unspecified atom stereocenters. The minimum Gasteiger partial charge on any atom is -0.550 e. The van der Waals surface area contributed by atoms with E-state index < -0.39 is 11.9 Å². The maximum atomic E-state index is 10.3. The summed E-state index contributed by atoms with van der Waals surface area (Å²) in [7, 11) is 0. The normalized spacial score (nSPS) is 10.4. The molecule has 0 aliphatic rings. The van der Waals surface area contributed by atoms with E-state index in [0.717, 1.165) is 61.7 Å². The van der Waals surface area contributed by atoms with Crippen LogP contribution in [0.5, 0.6) is 11.5 Å². The van der Waals surface area contributed by atoms with E-state index in [2.05, 4.69) is 13.8 Å². The number of carbonyl (C=O) groups excluding carboxylic acids is 2. The average molecular weight is 628 g/mol. The maximum absolute atomic E-state index is 10.3. The smallest absolute Gasteiger partial charge is 0.550 e. The van der Waals surface area contributed by atoms with Crippen molar-refractivity contribution in [3.8, 4) is 11.5 Å². The number of benzene rings is 4. The average Bonchev–Trinajstić information content (AvgIpc) is 2.93. The third-order valence-electron chi connectivity index (χ3n) is 5.81. The number of carboxylic acid groups (broad SMARTS) is 2. The van der Waals surface area contributed by atoms with E-state index >= 15 is 0 Å². The predicted octanol–water partition coefficient (Wildman–Crippen LogP) is 5.17. The summed E-state index contributed by atoms with van der Waals surface area (Å²) < 4.78 is 0. The molecular formula is C34H36CoN2O6. The number of hydrogen-bond donors (Lipinski definition) is 2. The molecule has 4 aromatic carbocycles. The first kappa shape index (κ1) is 36.6. The SMILES string of the molecule is CC(=O)[O-].CC(=O)[O-].CCCc1ccc(O)c(C=Nc2cccc3cccc(N=Cc4cc(CCC)ccc4O)c23)c1.[Co+2]. The molecule has 0 saturated heterocycles. The van der Waals surface area contributed by atoms with Gasteiger partial charge in [0, 0.05) is 40.9 Å². The molecule has 1 radical (unpaired) electrons. The van der Waals surface area contributed by atoms with Crippen molar-refractivity contribution < 1.29 is 46.8 Å². The topological polar surface area (TPSA) is 145 Å². The molecule has 4 aromatic rings. The maximum Gasteiger partial charge on any atom is 2.00 e. The molecule has 0 spiro atoms. The van der Waals surface area contributed by atoms with Gasteiger partial charge in [0.25, 0.3) is 0 Å². The Labute approximate surface area is 262 Å². The number of aliphatic imine (C=N–C) groups is 2. The van der Waals surface area contributed by atoms with Crippen molar-refractivity contribution in [2.24, 2.45) is 9.98 Å². The molecule has 0 amide bonds. The van der Waals surface area contributed by atoms with Gasteiger partial charge < -0.3 is 30.0 Å². The molecule has 227 valence electrons. The monoisotopic (exact) mass is 627 g/mol. The van der Waals surface area contributed by atoms with E-state index in [1.165, 1.54) is 11.1 Å². The van der Waals surface area contributed by atoms with Crippen LogP contribution in [-0.4, -0.2) is 34.6 Å². The number of phenols is 2. The van der Waals surface area contributed by atoms with Crippen molar-refractivity contribution in [3.05, 3.63) is 95.1 Å². The van der Waals surface area contributed by atoms with Gasteiger partial charge in [-0.1, -0.05) is 63.1 Å². The molecule has 0 aliphatic carbocycles. The van der Waals surface area contributed by atoms with Crippen LogP contribution < -0.4 is 10.2 Å². The summed E-state index contributed by atoms with van der Waals surface area (Å²) in [6, 6.07) is 23.2. The van der Waals surface area contributed by atoms with E-state index in [9.17, 15) is 10.2 Å². The number of aliphatic carboxylic acids is 2. The first-order valence-corrected chi connectivity index (χ1v) is 13.6. The molecule has 0 fully saturated rings. The van der Waals surface area contributed by atoms with Crippen LogP contribution in [0.25, 0.3) is 10.8 Å². The first-order chi connectivity index (χ1) is 20.0. The van der Waals surface area contributed by atoms with Crippen molar-refractivity contribution in [1.82, 2.24) is 0 Å². The fourth-order valence-corrected chi connectivity index (χ4v) is 4.10. The molecule has 0 aliphatic heterocycles. The standard InChI is InChI=1S/C30H30N2O2.2C2H4O2.Co/c1-3-7-21-13-15-28(33)24(17-21)19-31-26-11-5-9-23-10-6-12-27(30(23)26)32-20-25-18-22(8-4-2)14-16-29(25)34;2*1-2(3)4;/h5-6,9-20,33-34H,3-4,7-8H2,1-2H3;2*1H3,(H,3,4);/q;;;+2/p-2. The largest absolute Gasteiger partial charge is 2.00 e. The fraction of sp³-hybridized carbons (Fsp3) is 0.235. The van der Waals surface area contributed by atoms with Crippen molar-refractivity contribution in [2.75, 3.05) is 0 Å². The molecule has 0 aromatic heterocycles. The Morgan fingerprint density at radius 2 is 1.07 bits per heavy atom. The van der Waals surface area contributed by atoms with E-state index in [-0.39, 0.29) is 28.3 Å². The van der Waals surface area contributed by atoms with Crippen molar-refractivity contribution in [2.45, 2.75) is 53.4 Å². The Kier molecular flexibility index (Phi) is 16.0. The molecule has 9 heteroatoms. The number of aromatic hydroxyl groups is 2. The van der Waals surface area contributed by atoms with Gasteiger partial charge in [0.1, 0.15) is 11.5 Å². The number of hydrogen-bond acceptors (Lipinski definition) is 8. The van der Waals surface area contributed by atoms with Crippen LogP contribution >= 0.6 is 0 Å². The fourth-order valence-electron chi connectivity index (χ4n) is 4.10. The summed E-state index contributed by atoms with van der Waals surface area (Å²) in [5, 5.41) is 40.3. The summed E-state index contributed by atoms with van der Waals surface area (Å²) in [6.07, 6.45) is 7.43. The van der Waals surface area contributed by atoms with Crippen LogP contribution in [0.1, 0.15) is 62.8 Å². The number of phenolic OH excluding ortho intramolecular Hbond substituents is 2. The zero-order chi connectivity index (χ0) is 31.1. The van der Waals surface area contributed by atoms with E-state index in [4.69, 9.17) is 29.8 Å². The number of nitrogens with zero attached hydrogens (tertiary/aromatic N) is 2. The van der Waals surface area contributed by atoms with Gasteiger partial charge in [-0.3, -0.25) is 9.98 Å². The third-order valence-corrected chi connectivity index (χ3v) is 5.81. The quantitative estimate of drug-likeness (QED) is 0.258. The van der Waals surface area contributed by atoms with E-state index in [1.54, 1.807) is 24.6 Å². The first-order valence-electron chi connectivity index (χ1n) is 13.6. The van der Waals surface area contributed by atoms with Gasteiger partial charge >= 0.3 is 16.8 Å². The molecule has 0 bridgehead atoms. The molecule has 0 saturated carbocycles. The van der Waals surface area contributed by atoms with Crippen molar-refractivity contribution in [1.29, 1.82) is 0 Å². The van der Waals surface area contributed by atoms with Gasteiger partial charge in [-0.05, 0) is 79.6 Å². The number of carboxylic acids is 2. The number of fused-ring (bicyclic) bond motifs is 1. The van der Waals surface area contributed by atoms with Gasteiger partial charge in [0.05, 0.1) is 11.4 Å². The number of aryl methyl sites for hydroxylation is 2. The Balaban J connectivity index is 0.000000917. The van der Waals surface area contributed by atoms with E-state index in [1.807, 2.05) is 60.7 Å². The van der Waals surface area contributed by atoms with Crippen LogP contribution in [0.2, 0.25) is 0 Å². The van der Waals surface area contributed by atoms with Crippen LogP contribution in [-0.2, 0) is 39.2 Å². The van der Waals surface area contributed by atoms with Gasteiger partial charge in [-0.25, -0.2) is 0 Å². The summed E-state index contributed by atoms with van der Waals surface area (Å²) in [5.41, 5.74) is 5.29. The predicted molar refractivity (Wildman–Crippen MR) is 164 cm³/mol. The Morgan fingerprint density at radius 1 is 0.698 bits per heavy atom. The van der Waals surface area contributed by atoms with Gasteiger partial charge in [-0.2, -0.15) is 0 Å². The molecule has 43 heavy (non-hydrogen) atoms. The van der Waals surface area contributed by atoms with Gasteiger partial charge in [-0.15, -0.1) is 0 Å². The second kappa shape index (κ2) is 18.9. The van der Waals surface area contributed by atoms with Gasteiger partial charge in [0.15, 0.2) is 0 Å². The Morgan fingerprint density at radius 3 is 1.42 bits per heavy atom. The number of rotatable bonds is 8. The molecule has 0 atom stereocenters. The van der Waals surface area contributed by atoms with Crippen molar-refractivity contribution in [3.63, 3.8) is 0 Å². The summed E-state index contributed by atoms with van der Waals surface area (Å²) in [6.45, 7) is 6.22. The second-order valence-electron chi connectivity index (χ2n) is 9.44. The zero-order valence-electron chi connectivity index (χ0n) is 24.7. The summed E-state index contributed by atoms with van der Waals surface area (Å²) in [4.78, 5) is 27.2. The van der Waals surface area contributed by atoms with Crippen molar-refractivity contribution >= 4 is 46.5 Å². The molecular weight excluding hydrogens is 591 g/mol. The molecule has 0 heterocycles. The third kappa shape index (κ3) is 12.5. The minimum atomic E-state index is -1.08. The van der Waals surface area contributed by atoms with Gasteiger partial charge in [0.2, 0.25) is 0 Å². The van der Waals surface area contributed by atoms with Crippen LogP contribution in [0, 0.1) is 0 Å². The number of carbonyl (C=O) groups is 2. The molecule has 4 rings (SSSR count). The molecule has 2 N–H and O–H groups in total. The van der Waals surface area contributed by atoms with Crippen LogP contribution in [0.3, 0.4) is 0 Å². The minimum absolute atomic E-state index is 0. The molecule has 8 nitrogen and oxygen atoms in total. The summed E-state index contributed by atoms with van der Waals surface area (Å²) >= 11 is 0. The van der Waals surface area contributed by atoms with Crippen LogP contribution in [0.15, 0.2) is 82.8 Å². The second-order valence-corrected chi connectivity index (χ2v) is 9.44. The Bertz CT molecular complexity index is 1450. The van der Waals surface area contributed by atoms with E-state index in [0.29, 0.717) is 11.1 Å². The Hall–Kier alpha value is -4.47. The zero-order valence-corrected chi connectivity index (χ0v) is 25.7.